The summed E-state index contributed by atoms with van der Waals surface area (Å²) < 4.78 is 26.5. The van der Waals surface area contributed by atoms with Crippen LogP contribution in [-0.2, 0) is 10.0 Å². The second-order valence-electron chi connectivity index (χ2n) is 3.21. The smallest absolute Gasteiger partial charge is 0.242 e. The van der Waals surface area contributed by atoms with Crippen molar-refractivity contribution in [2.24, 2.45) is 10.9 Å². The first kappa shape index (κ1) is 13.9. The maximum atomic E-state index is 11.9. The summed E-state index contributed by atoms with van der Waals surface area (Å²) in [6, 6.07) is 0.581. The van der Waals surface area contributed by atoms with Gasteiger partial charge in [0.2, 0.25) is 10.0 Å². The second-order valence-corrected chi connectivity index (χ2v) is 5.84. The van der Waals surface area contributed by atoms with Crippen molar-refractivity contribution in [2.75, 3.05) is 0 Å². The van der Waals surface area contributed by atoms with Gasteiger partial charge in [0.15, 0.2) is 5.84 Å². The van der Waals surface area contributed by atoms with E-state index in [0.29, 0.717) is 4.47 Å². The first-order valence-corrected chi connectivity index (χ1v) is 6.74. The molecule has 4 N–H and O–H groups in total. The Labute approximate surface area is 107 Å². The van der Waals surface area contributed by atoms with Gasteiger partial charge in [0, 0.05) is 16.9 Å². The summed E-state index contributed by atoms with van der Waals surface area (Å²) in [6.45, 7) is 1.46. The Morgan fingerprint density at radius 3 is 2.82 bits per heavy atom. The molecular weight excluding hydrogens is 312 g/mol. The number of rotatable bonds is 4. The molecule has 0 aliphatic heterocycles. The summed E-state index contributed by atoms with van der Waals surface area (Å²) in [6.07, 6.45) is 2.66. The van der Waals surface area contributed by atoms with Crippen LogP contribution in [0.2, 0.25) is 0 Å². The van der Waals surface area contributed by atoms with E-state index in [9.17, 15) is 8.42 Å². The molecule has 0 aromatic carbocycles. The zero-order valence-corrected chi connectivity index (χ0v) is 11.2. The minimum absolute atomic E-state index is 0.00975. The van der Waals surface area contributed by atoms with Crippen molar-refractivity contribution in [1.29, 1.82) is 0 Å². The molecule has 17 heavy (non-hydrogen) atoms. The Morgan fingerprint density at radius 1 is 1.65 bits per heavy atom. The highest BCUT2D eigenvalue weighted by atomic mass is 79.9. The van der Waals surface area contributed by atoms with Crippen LogP contribution in [0, 0.1) is 0 Å². The number of amidine groups is 1. The average Bonchev–Trinajstić information content (AvgIpc) is 2.27. The molecule has 1 unspecified atom stereocenters. The van der Waals surface area contributed by atoms with Crippen LogP contribution in [0.4, 0.5) is 0 Å². The number of nitrogens with one attached hydrogen (secondary N) is 1. The van der Waals surface area contributed by atoms with Gasteiger partial charge in [0.1, 0.15) is 4.90 Å². The molecule has 0 spiro atoms. The molecule has 1 aromatic heterocycles. The molecule has 9 heteroatoms. The van der Waals surface area contributed by atoms with Gasteiger partial charge in [-0.25, -0.2) is 13.1 Å². The molecule has 0 radical (unpaired) electrons. The van der Waals surface area contributed by atoms with Crippen LogP contribution in [-0.4, -0.2) is 30.5 Å². The number of pyridine rings is 1. The molecule has 1 aromatic rings. The van der Waals surface area contributed by atoms with Crippen LogP contribution in [0.3, 0.4) is 0 Å². The fourth-order valence-electron chi connectivity index (χ4n) is 0.987. The van der Waals surface area contributed by atoms with E-state index in [1.54, 1.807) is 0 Å². The summed E-state index contributed by atoms with van der Waals surface area (Å²) in [7, 11) is -3.75. The van der Waals surface area contributed by atoms with Crippen LogP contribution in [0.15, 0.2) is 33.0 Å². The Kier molecular flexibility index (Phi) is 4.43. The van der Waals surface area contributed by atoms with Gasteiger partial charge in [0.25, 0.3) is 0 Å². The highest BCUT2D eigenvalue weighted by Gasteiger charge is 2.20. The van der Waals surface area contributed by atoms with Gasteiger partial charge in [-0.05, 0) is 28.9 Å². The summed E-state index contributed by atoms with van der Waals surface area (Å²) in [4.78, 5) is 3.74. The highest BCUT2D eigenvalue weighted by Crippen LogP contribution is 2.14. The minimum Gasteiger partial charge on any atom is -0.409 e. The fourth-order valence-corrected chi connectivity index (χ4v) is 2.71. The lowest BCUT2D eigenvalue weighted by Gasteiger charge is -2.12. The van der Waals surface area contributed by atoms with E-state index in [4.69, 9.17) is 10.9 Å². The molecule has 0 saturated carbocycles. The zero-order chi connectivity index (χ0) is 13.1. The van der Waals surface area contributed by atoms with E-state index in [2.05, 4.69) is 30.8 Å². The number of oxime groups is 1. The van der Waals surface area contributed by atoms with Gasteiger partial charge in [-0.15, -0.1) is 0 Å². The standard InChI is InChI=1S/C8H11BrN4O3S/c1-5(8(10)12-14)13-17(15,16)7-2-6(9)3-11-4-7/h2-5,13-14H,1H3,(H2,10,12). The van der Waals surface area contributed by atoms with Crippen molar-refractivity contribution in [3.63, 3.8) is 0 Å². The first-order valence-electron chi connectivity index (χ1n) is 4.47. The third kappa shape index (κ3) is 3.65. The number of nitrogens with two attached hydrogens (primary N) is 1. The van der Waals surface area contributed by atoms with Crippen LogP contribution < -0.4 is 10.5 Å². The molecule has 94 valence electrons. The number of hydrogen-bond donors (Lipinski definition) is 3. The Hall–Kier alpha value is -1.19. The second kappa shape index (κ2) is 5.43. The summed E-state index contributed by atoms with van der Waals surface area (Å²) in [5, 5.41) is 11.2. The number of nitrogens with zero attached hydrogens (tertiary/aromatic N) is 2. The predicted octanol–water partition coefficient (Wildman–Crippen LogP) is 0.257. The lowest BCUT2D eigenvalue weighted by molar-refractivity contribution is 0.316. The van der Waals surface area contributed by atoms with E-state index in [1.807, 2.05) is 0 Å². The first-order chi connectivity index (χ1) is 7.86. The van der Waals surface area contributed by atoms with E-state index >= 15 is 0 Å². The lowest BCUT2D eigenvalue weighted by atomic mass is 10.3. The van der Waals surface area contributed by atoms with Crippen molar-refractivity contribution in [1.82, 2.24) is 9.71 Å². The van der Waals surface area contributed by atoms with Crippen LogP contribution in [0.25, 0.3) is 0 Å². The van der Waals surface area contributed by atoms with Crippen molar-refractivity contribution < 1.29 is 13.6 Å². The Balaban J connectivity index is 2.97. The maximum absolute atomic E-state index is 11.9. The van der Waals surface area contributed by atoms with Gasteiger partial charge >= 0.3 is 0 Å². The number of aromatic nitrogens is 1. The van der Waals surface area contributed by atoms with E-state index in [0.717, 1.165) is 0 Å². The van der Waals surface area contributed by atoms with Crippen LogP contribution in [0.5, 0.6) is 0 Å². The maximum Gasteiger partial charge on any atom is 0.242 e. The molecule has 0 amide bonds. The molecule has 1 heterocycles. The van der Waals surface area contributed by atoms with Crippen molar-refractivity contribution in [3.8, 4) is 0 Å². The van der Waals surface area contributed by atoms with Gasteiger partial charge < -0.3 is 10.9 Å². The molecule has 0 saturated heterocycles. The topological polar surface area (TPSA) is 118 Å². The number of hydrogen-bond acceptors (Lipinski definition) is 5. The largest absolute Gasteiger partial charge is 0.409 e. The monoisotopic (exact) mass is 322 g/mol. The molecule has 1 rings (SSSR count). The number of sulfonamides is 1. The summed E-state index contributed by atoms with van der Waals surface area (Å²) >= 11 is 3.12. The molecule has 1 atom stereocenters. The zero-order valence-electron chi connectivity index (χ0n) is 8.83. The van der Waals surface area contributed by atoms with Gasteiger partial charge in [-0.2, -0.15) is 0 Å². The molecule has 0 bridgehead atoms. The highest BCUT2D eigenvalue weighted by molar-refractivity contribution is 9.10. The Bertz CT molecular complexity index is 531. The third-order valence-corrected chi connectivity index (χ3v) is 3.82. The van der Waals surface area contributed by atoms with Gasteiger partial charge in [0.05, 0.1) is 6.04 Å². The normalized spacial score (nSPS) is 14.6. The van der Waals surface area contributed by atoms with Crippen molar-refractivity contribution >= 4 is 31.8 Å². The SMILES string of the molecule is CC(NS(=O)(=O)c1cncc(Br)c1)C(N)=NO. The fraction of sp³-hybridized carbons (Fsp3) is 0.250. The number of halogens is 1. The van der Waals surface area contributed by atoms with Gasteiger partial charge in [-0.1, -0.05) is 5.16 Å². The molecular formula is C8H11BrN4O3S. The average molecular weight is 323 g/mol. The summed E-state index contributed by atoms with van der Waals surface area (Å²) in [5.41, 5.74) is 5.28. The predicted molar refractivity (Wildman–Crippen MR) is 65.1 cm³/mol. The molecule has 7 nitrogen and oxygen atoms in total. The molecule has 0 fully saturated rings. The van der Waals surface area contributed by atoms with Crippen LogP contribution in [0.1, 0.15) is 6.92 Å². The van der Waals surface area contributed by atoms with E-state index in [1.165, 1.54) is 25.4 Å². The van der Waals surface area contributed by atoms with Gasteiger partial charge in [-0.3, -0.25) is 4.98 Å². The summed E-state index contributed by atoms with van der Waals surface area (Å²) in [5.74, 6) is -0.225. The Morgan fingerprint density at radius 2 is 2.29 bits per heavy atom. The molecule has 0 aliphatic carbocycles. The third-order valence-electron chi connectivity index (χ3n) is 1.88. The van der Waals surface area contributed by atoms with Crippen molar-refractivity contribution in [3.05, 3.63) is 22.9 Å². The molecule has 0 aliphatic rings. The quantitative estimate of drug-likeness (QED) is 0.318. The van der Waals surface area contributed by atoms with Crippen LogP contribution >= 0.6 is 15.9 Å². The minimum atomic E-state index is -3.75. The van der Waals surface area contributed by atoms with Crippen molar-refractivity contribution in [2.45, 2.75) is 17.9 Å². The van der Waals surface area contributed by atoms with E-state index < -0.39 is 16.1 Å². The van der Waals surface area contributed by atoms with E-state index in [-0.39, 0.29) is 10.7 Å². The lowest BCUT2D eigenvalue weighted by Crippen LogP contribution is -2.42.